The summed E-state index contributed by atoms with van der Waals surface area (Å²) in [6.07, 6.45) is -3.19. The number of benzene rings is 2. The number of alkyl halides is 3. The lowest BCUT2D eigenvalue weighted by molar-refractivity contribution is -0.137. The lowest BCUT2D eigenvalue weighted by Gasteiger charge is -2.30. The van der Waals surface area contributed by atoms with E-state index in [0.29, 0.717) is 25.1 Å². The number of piperidine rings is 1. The second-order valence-corrected chi connectivity index (χ2v) is 7.15. The van der Waals surface area contributed by atoms with E-state index in [1.807, 2.05) is 6.07 Å². The van der Waals surface area contributed by atoms with Crippen LogP contribution in [0.5, 0.6) is 0 Å². The predicted molar refractivity (Wildman–Crippen MR) is 103 cm³/mol. The van der Waals surface area contributed by atoms with Crippen molar-refractivity contribution in [1.82, 2.24) is 4.90 Å². The van der Waals surface area contributed by atoms with Crippen LogP contribution in [-0.4, -0.2) is 29.8 Å². The zero-order valence-corrected chi connectivity index (χ0v) is 15.7. The Balaban J connectivity index is 1.67. The molecule has 1 saturated heterocycles. The molecular formula is C21H22F3N3O2. The van der Waals surface area contributed by atoms with Gasteiger partial charge in [0.1, 0.15) is 0 Å². The Bertz CT molecular complexity index is 891. The van der Waals surface area contributed by atoms with Crippen LogP contribution in [0, 0.1) is 5.92 Å². The van der Waals surface area contributed by atoms with Crippen LogP contribution in [0.1, 0.15) is 34.3 Å². The van der Waals surface area contributed by atoms with Crippen LogP contribution in [-0.2, 0) is 17.5 Å². The summed E-state index contributed by atoms with van der Waals surface area (Å²) in [5.74, 6) is -1.17. The van der Waals surface area contributed by atoms with Crippen LogP contribution in [0.3, 0.4) is 0 Å². The summed E-state index contributed by atoms with van der Waals surface area (Å²) in [4.78, 5) is 25.9. The summed E-state index contributed by atoms with van der Waals surface area (Å²) in [5, 5.41) is 2.55. The van der Waals surface area contributed by atoms with Crippen molar-refractivity contribution in [3.63, 3.8) is 0 Å². The summed E-state index contributed by atoms with van der Waals surface area (Å²) in [6.45, 7) is 2.10. The quantitative estimate of drug-likeness (QED) is 0.797. The molecule has 0 saturated carbocycles. The monoisotopic (exact) mass is 405 g/mol. The lowest BCUT2D eigenvalue weighted by atomic mass is 9.96. The van der Waals surface area contributed by atoms with Crippen LogP contribution in [0.15, 0.2) is 48.5 Å². The molecule has 2 aromatic rings. The first-order valence-electron chi connectivity index (χ1n) is 9.32. The maximum Gasteiger partial charge on any atom is 0.417 e. The number of anilines is 1. The zero-order valence-electron chi connectivity index (χ0n) is 15.7. The molecule has 1 aliphatic heterocycles. The summed E-state index contributed by atoms with van der Waals surface area (Å²) < 4.78 is 39.4. The number of nitrogens with one attached hydrogen (secondary N) is 1. The second-order valence-electron chi connectivity index (χ2n) is 7.15. The first kappa shape index (κ1) is 20.9. The van der Waals surface area contributed by atoms with Gasteiger partial charge in [0.2, 0.25) is 5.91 Å². The average Bonchev–Trinajstić information content (AvgIpc) is 2.68. The van der Waals surface area contributed by atoms with Crippen molar-refractivity contribution >= 4 is 17.5 Å². The van der Waals surface area contributed by atoms with Crippen LogP contribution >= 0.6 is 0 Å². The van der Waals surface area contributed by atoms with Crippen molar-refractivity contribution in [2.45, 2.75) is 25.6 Å². The molecule has 3 N–H and O–H groups in total. The fourth-order valence-corrected chi connectivity index (χ4v) is 3.51. The summed E-state index contributed by atoms with van der Waals surface area (Å²) in [7, 11) is 0. The highest BCUT2D eigenvalue weighted by atomic mass is 19.4. The molecule has 1 fully saturated rings. The third-order valence-corrected chi connectivity index (χ3v) is 5.06. The number of rotatable bonds is 5. The number of hydrogen-bond donors (Lipinski definition) is 2. The maximum absolute atomic E-state index is 13.1. The molecule has 8 heteroatoms. The minimum Gasteiger partial charge on any atom is -0.369 e. The van der Waals surface area contributed by atoms with Gasteiger partial charge < -0.3 is 11.1 Å². The van der Waals surface area contributed by atoms with Gasteiger partial charge in [-0.05, 0) is 55.8 Å². The summed E-state index contributed by atoms with van der Waals surface area (Å²) >= 11 is 0. The van der Waals surface area contributed by atoms with Crippen LogP contribution in [0.4, 0.5) is 18.9 Å². The minimum atomic E-state index is -4.60. The third kappa shape index (κ3) is 5.35. The van der Waals surface area contributed by atoms with E-state index in [2.05, 4.69) is 10.2 Å². The maximum atomic E-state index is 13.1. The van der Waals surface area contributed by atoms with Crippen LogP contribution in [0.2, 0.25) is 0 Å². The normalized spacial score (nSPS) is 15.8. The number of halogens is 3. The van der Waals surface area contributed by atoms with Gasteiger partial charge >= 0.3 is 6.18 Å². The molecule has 0 aliphatic carbocycles. The molecule has 2 amide bonds. The number of carbonyl (C=O) groups excluding carboxylic acids is 2. The standard InChI is InChI=1S/C21H22F3N3O2/c22-21(23,24)18-7-2-1-6-17(18)20(29)26-16-5-3-4-14(12-16)13-27-10-8-15(9-11-27)19(25)28/h1-7,12,15H,8-11,13H2,(H2,25,28)(H,26,29). The highest BCUT2D eigenvalue weighted by Gasteiger charge is 2.34. The third-order valence-electron chi connectivity index (χ3n) is 5.06. The Morgan fingerprint density at radius 1 is 1.07 bits per heavy atom. The number of carbonyl (C=O) groups is 2. The molecule has 5 nitrogen and oxygen atoms in total. The van der Waals surface area contributed by atoms with E-state index < -0.39 is 23.2 Å². The van der Waals surface area contributed by atoms with Crippen molar-refractivity contribution in [3.05, 3.63) is 65.2 Å². The molecule has 1 heterocycles. The average molecular weight is 405 g/mol. The number of nitrogens with zero attached hydrogens (tertiary/aromatic N) is 1. The fraction of sp³-hybridized carbons (Fsp3) is 0.333. The topological polar surface area (TPSA) is 75.4 Å². The van der Waals surface area contributed by atoms with Gasteiger partial charge in [0.25, 0.3) is 5.91 Å². The Labute approximate surface area is 166 Å². The molecular weight excluding hydrogens is 383 g/mol. The van der Waals surface area contributed by atoms with E-state index in [1.54, 1.807) is 18.2 Å². The predicted octanol–water partition coefficient (Wildman–Crippen LogP) is 3.66. The van der Waals surface area contributed by atoms with Crippen molar-refractivity contribution in [2.24, 2.45) is 11.7 Å². The first-order valence-corrected chi connectivity index (χ1v) is 9.32. The molecule has 0 unspecified atom stereocenters. The van der Waals surface area contributed by atoms with Crippen LogP contribution in [0.25, 0.3) is 0 Å². The molecule has 0 bridgehead atoms. The molecule has 3 rings (SSSR count). The number of primary amides is 1. The molecule has 0 aromatic heterocycles. The second kappa shape index (κ2) is 8.65. The van der Waals surface area contributed by atoms with Gasteiger partial charge in [-0.25, -0.2) is 0 Å². The fourth-order valence-electron chi connectivity index (χ4n) is 3.51. The van der Waals surface area contributed by atoms with Gasteiger partial charge in [0, 0.05) is 18.2 Å². The van der Waals surface area contributed by atoms with Crippen LogP contribution < -0.4 is 11.1 Å². The van der Waals surface area contributed by atoms with E-state index in [1.165, 1.54) is 12.1 Å². The Hall–Kier alpha value is -2.87. The lowest BCUT2D eigenvalue weighted by Crippen LogP contribution is -2.38. The number of likely N-dealkylation sites (tertiary alicyclic amines) is 1. The van der Waals surface area contributed by atoms with Gasteiger partial charge in [0.05, 0.1) is 11.1 Å². The highest BCUT2D eigenvalue weighted by molar-refractivity contribution is 6.05. The smallest absolute Gasteiger partial charge is 0.369 e. The van der Waals surface area contributed by atoms with E-state index in [9.17, 15) is 22.8 Å². The largest absolute Gasteiger partial charge is 0.417 e. The number of hydrogen-bond acceptors (Lipinski definition) is 3. The highest BCUT2D eigenvalue weighted by Crippen LogP contribution is 2.32. The molecule has 0 atom stereocenters. The van der Waals surface area contributed by atoms with Gasteiger partial charge in [-0.2, -0.15) is 13.2 Å². The molecule has 154 valence electrons. The zero-order chi connectivity index (χ0) is 21.0. The summed E-state index contributed by atoms with van der Waals surface area (Å²) in [6, 6.07) is 11.7. The molecule has 0 radical (unpaired) electrons. The van der Waals surface area contributed by atoms with Gasteiger partial charge in [-0.1, -0.05) is 24.3 Å². The van der Waals surface area contributed by atoms with Gasteiger partial charge in [-0.3, -0.25) is 14.5 Å². The minimum absolute atomic E-state index is 0.0921. The number of amides is 2. The Morgan fingerprint density at radius 3 is 2.41 bits per heavy atom. The van der Waals surface area contributed by atoms with Crippen molar-refractivity contribution < 1.29 is 22.8 Å². The van der Waals surface area contributed by atoms with Gasteiger partial charge in [-0.15, -0.1) is 0 Å². The van der Waals surface area contributed by atoms with E-state index in [0.717, 1.165) is 30.8 Å². The molecule has 1 aliphatic rings. The Kier molecular flexibility index (Phi) is 6.22. The molecule has 0 spiro atoms. The van der Waals surface area contributed by atoms with Crippen molar-refractivity contribution in [3.8, 4) is 0 Å². The number of nitrogens with two attached hydrogens (primary N) is 1. The summed E-state index contributed by atoms with van der Waals surface area (Å²) in [5.41, 5.74) is 5.31. The molecule has 29 heavy (non-hydrogen) atoms. The van der Waals surface area contributed by atoms with Gasteiger partial charge in [0.15, 0.2) is 0 Å². The van der Waals surface area contributed by atoms with Crippen molar-refractivity contribution in [1.29, 1.82) is 0 Å². The van der Waals surface area contributed by atoms with E-state index in [4.69, 9.17) is 5.73 Å². The van der Waals surface area contributed by atoms with E-state index in [-0.39, 0.29) is 11.8 Å². The first-order chi connectivity index (χ1) is 13.7. The van der Waals surface area contributed by atoms with Crippen molar-refractivity contribution in [2.75, 3.05) is 18.4 Å². The molecule has 2 aromatic carbocycles. The van der Waals surface area contributed by atoms with E-state index >= 15 is 0 Å². The Morgan fingerprint density at radius 2 is 1.76 bits per heavy atom. The SMILES string of the molecule is NC(=O)C1CCN(Cc2cccc(NC(=O)c3ccccc3C(F)(F)F)c2)CC1.